The molecule has 0 amide bonds. The number of nitrogens with one attached hydrogen (secondary N) is 1. The van der Waals surface area contributed by atoms with Crippen molar-refractivity contribution in [3.8, 4) is 17.4 Å². The summed E-state index contributed by atoms with van der Waals surface area (Å²) in [6.45, 7) is 4.35. The molecule has 0 saturated heterocycles. The fraction of sp³-hybridized carbons (Fsp3) is 0.312. The minimum absolute atomic E-state index is 0.0469. The van der Waals surface area contributed by atoms with Crippen molar-refractivity contribution >= 4 is 5.69 Å². The first-order chi connectivity index (χ1) is 10.1. The van der Waals surface area contributed by atoms with Gasteiger partial charge in [-0.1, -0.05) is 12.1 Å². The first-order valence-corrected chi connectivity index (χ1v) is 6.82. The number of benzene rings is 1. The van der Waals surface area contributed by atoms with Gasteiger partial charge >= 0.3 is 0 Å². The molecule has 0 spiro atoms. The van der Waals surface area contributed by atoms with Crippen molar-refractivity contribution < 1.29 is 14.6 Å². The van der Waals surface area contributed by atoms with E-state index in [-0.39, 0.29) is 11.9 Å². The number of nitrogens with zero attached hydrogens (tertiary/aromatic N) is 1. The van der Waals surface area contributed by atoms with Gasteiger partial charge in [0.15, 0.2) is 11.5 Å². The van der Waals surface area contributed by atoms with Crippen LogP contribution in [0.5, 0.6) is 17.4 Å². The number of hydrogen-bond acceptors (Lipinski definition) is 5. The molecule has 21 heavy (non-hydrogen) atoms. The standard InChI is InChI=1S/C16H20N2O3/c1-11(2)21-16-13(7-5-9-17-16)18-10-12-6-4-8-14(20-3)15(12)19/h4-9,11,18-19H,10H2,1-3H3. The Morgan fingerprint density at radius 3 is 2.76 bits per heavy atom. The van der Waals surface area contributed by atoms with Crippen LogP contribution in [0.3, 0.4) is 0 Å². The summed E-state index contributed by atoms with van der Waals surface area (Å²) >= 11 is 0. The largest absolute Gasteiger partial charge is 0.504 e. The van der Waals surface area contributed by atoms with Gasteiger partial charge in [-0.05, 0) is 32.0 Å². The fourth-order valence-corrected chi connectivity index (χ4v) is 1.91. The van der Waals surface area contributed by atoms with Crippen LogP contribution in [0.4, 0.5) is 5.69 Å². The molecule has 2 N–H and O–H groups in total. The molecule has 0 unspecified atom stereocenters. The number of hydrogen-bond donors (Lipinski definition) is 2. The number of ether oxygens (including phenoxy) is 2. The van der Waals surface area contributed by atoms with Gasteiger partial charge in [-0.25, -0.2) is 4.98 Å². The van der Waals surface area contributed by atoms with Gasteiger partial charge in [0.05, 0.1) is 18.9 Å². The smallest absolute Gasteiger partial charge is 0.237 e. The lowest BCUT2D eigenvalue weighted by Gasteiger charge is -2.15. The van der Waals surface area contributed by atoms with E-state index in [4.69, 9.17) is 9.47 Å². The number of rotatable bonds is 6. The van der Waals surface area contributed by atoms with E-state index in [9.17, 15) is 5.11 Å². The van der Waals surface area contributed by atoms with Gasteiger partial charge in [0, 0.05) is 18.3 Å². The van der Waals surface area contributed by atoms with E-state index in [0.717, 1.165) is 11.3 Å². The third kappa shape index (κ3) is 3.78. The third-order valence-electron chi connectivity index (χ3n) is 2.89. The van der Waals surface area contributed by atoms with Crippen LogP contribution in [-0.4, -0.2) is 23.3 Å². The number of phenols is 1. The predicted octanol–water partition coefficient (Wildman–Crippen LogP) is 3.20. The molecule has 2 aromatic rings. The Kier molecular flexibility index (Phi) is 4.87. The summed E-state index contributed by atoms with van der Waals surface area (Å²) in [5.41, 5.74) is 1.53. The zero-order chi connectivity index (χ0) is 15.2. The number of aromatic hydroxyl groups is 1. The summed E-state index contributed by atoms with van der Waals surface area (Å²) < 4.78 is 10.7. The highest BCUT2D eigenvalue weighted by Gasteiger charge is 2.10. The molecule has 1 aromatic carbocycles. The number of pyridine rings is 1. The number of aromatic nitrogens is 1. The van der Waals surface area contributed by atoms with Gasteiger partial charge in [-0.2, -0.15) is 0 Å². The van der Waals surface area contributed by atoms with Crippen molar-refractivity contribution in [1.82, 2.24) is 4.98 Å². The summed E-state index contributed by atoms with van der Waals surface area (Å²) in [6, 6.07) is 9.12. The second-order valence-corrected chi connectivity index (χ2v) is 4.84. The molecule has 0 aliphatic carbocycles. The molecule has 0 radical (unpaired) electrons. The summed E-state index contributed by atoms with van der Waals surface area (Å²) in [4.78, 5) is 4.22. The molecule has 0 fully saturated rings. The fourth-order valence-electron chi connectivity index (χ4n) is 1.91. The van der Waals surface area contributed by atoms with E-state index in [1.807, 2.05) is 38.1 Å². The summed E-state index contributed by atoms with van der Waals surface area (Å²) in [5.74, 6) is 1.15. The number of para-hydroxylation sites is 1. The summed E-state index contributed by atoms with van der Waals surface area (Å²) in [5, 5.41) is 13.3. The Balaban J connectivity index is 2.13. The molecule has 0 atom stereocenters. The molecular weight excluding hydrogens is 268 g/mol. The van der Waals surface area contributed by atoms with Gasteiger partial charge in [-0.3, -0.25) is 0 Å². The zero-order valence-electron chi connectivity index (χ0n) is 12.5. The Morgan fingerprint density at radius 2 is 2.05 bits per heavy atom. The summed E-state index contributed by atoms with van der Waals surface area (Å²) in [6.07, 6.45) is 1.73. The Morgan fingerprint density at radius 1 is 1.24 bits per heavy atom. The summed E-state index contributed by atoms with van der Waals surface area (Å²) in [7, 11) is 1.53. The molecule has 5 heteroatoms. The molecule has 0 aliphatic rings. The Hall–Kier alpha value is -2.43. The van der Waals surface area contributed by atoms with Crippen LogP contribution in [0.1, 0.15) is 19.4 Å². The molecule has 112 valence electrons. The van der Waals surface area contributed by atoms with Crippen LogP contribution in [0.15, 0.2) is 36.5 Å². The van der Waals surface area contributed by atoms with Gasteiger partial charge in [-0.15, -0.1) is 0 Å². The second-order valence-electron chi connectivity index (χ2n) is 4.84. The average Bonchev–Trinajstić information content (AvgIpc) is 2.47. The maximum atomic E-state index is 10.1. The number of phenolic OH excluding ortho intramolecular Hbond substituents is 1. The SMILES string of the molecule is COc1cccc(CNc2cccnc2OC(C)C)c1O. The van der Waals surface area contributed by atoms with E-state index in [1.54, 1.807) is 12.3 Å². The topological polar surface area (TPSA) is 63.6 Å². The van der Waals surface area contributed by atoms with Crippen molar-refractivity contribution in [2.45, 2.75) is 26.5 Å². The predicted molar refractivity (Wildman–Crippen MR) is 82.0 cm³/mol. The van der Waals surface area contributed by atoms with Crippen molar-refractivity contribution in [1.29, 1.82) is 0 Å². The molecule has 1 aromatic heterocycles. The highest BCUT2D eigenvalue weighted by Crippen LogP contribution is 2.30. The highest BCUT2D eigenvalue weighted by atomic mass is 16.5. The van der Waals surface area contributed by atoms with Crippen LogP contribution in [0, 0.1) is 0 Å². The van der Waals surface area contributed by atoms with Gasteiger partial charge in [0.2, 0.25) is 5.88 Å². The molecular formula is C16H20N2O3. The van der Waals surface area contributed by atoms with Crippen molar-refractivity contribution in [3.63, 3.8) is 0 Å². The van der Waals surface area contributed by atoms with Gasteiger partial charge in [0.1, 0.15) is 0 Å². The van der Waals surface area contributed by atoms with Crippen LogP contribution >= 0.6 is 0 Å². The van der Waals surface area contributed by atoms with Crippen LogP contribution in [0.2, 0.25) is 0 Å². The maximum Gasteiger partial charge on any atom is 0.237 e. The van der Waals surface area contributed by atoms with Crippen LogP contribution in [0.25, 0.3) is 0 Å². The average molecular weight is 288 g/mol. The lowest BCUT2D eigenvalue weighted by molar-refractivity contribution is 0.234. The van der Waals surface area contributed by atoms with Gasteiger partial charge < -0.3 is 19.9 Å². The maximum absolute atomic E-state index is 10.1. The normalized spacial score (nSPS) is 10.5. The van der Waals surface area contributed by atoms with Crippen molar-refractivity contribution in [2.75, 3.05) is 12.4 Å². The Bertz CT molecular complexity index is 600. The van der Waals surface area contributed by atoms with Crippen molar-refractivity contribution in [3.05, 3.63) is 42.1 Å². The molecule has 2 rings (SSSR count). The minimum Gasteiger partial charge on any atom is -0.504 e. The van der Waals surface area contributed by atoms with Crippen molar-refractivity contribution in [2.24, 2.45) is 0 Å². The number of anilines is 1. The Labute approximate surface area is 124 Å². The van der Waals surface area contributed by atoms with Crippen LogP contribution < -0.4 is 14.8 Å². The zero-order valence-corrected chi connectivity index (χ0v) is 12.5. The molecule has 0 saturated carbocycles. The van der Waals surface area contributed by atoms with E-state index < -0.39 is 0 Å². The lowest BCUT2D eigenvalue weighted by Crippen LogP contribution is -2.10. The number of methoxy groups -OCH3 is 1. The highest BCUT2D eigenvalue weighted by molar-refractivity contribution is 5.54. The minimum atomic E-state index is 0.0469. The molecule has 5 nitrogen and oxygen atoms in total. The molecule has 1 heterocycles. The van der Waals surface area contributed by atoms with E-state index in [1.165, 1.54) is 7.11 Å². The second kappa shape index (κ2) is 6.83. The van der Waals surface area contributed by atoms with E-state index in [2.05, 4.69) is 10.3 Å². The first-order valence-electron chi connectivity index (χ1n) is 6.82. The molecule has 0 aliphatic heterocycles. The third-order valence-corrected chi connectivity index (χ3v) is 2.89. The quantitative estimate of drug-likeness (QED) is 0.854. The monoisotopic (exact) mass is 288 g/mol. The van der Waals surface area contributed by atoms with Crippen LogP contribution in [-0.2, 0) is 6.54 Å². The lowest BCUT2D eigenvalue weighted by atomic mass is 10.2. The first kappa shape index (κ1) is 15.0. The van der Waals surface area contributed by atoms with E-state index >= 15 is 0 Å². The molecule has 0 bridgehead atoms. The van der Waals surface area contributed by atoms with E-state index in [0.29, 0.717) is 18.2 Å². The van der Waals surface area contributed by atoms with Gasteiger partial charge in [0.25, 0.3) is 0 Å².